The van der Waals surface area contributed by atoms with E-state index in [1.54, 1.807) is 6.20 Å². The molecule has 0 aliphatic rings. The van der Waals surface area contributed by atoms with Gasteiger partial charge in [0, 0.05) is 29.9 Å². The number of nitrogens with two attached hydrogens (primary N) is 1. The average Bonchev–Trinajstić information content (AvgIpc) is 3.03. The minimum absolute atomic E-state index is 0.211. The van der Waals surface area contributed by atoms with Crippen LogP contribution < -0.4 is 11.1 Å². The number of hydrogen-bond donors (Lipinski definition) is 2. The summed E-state index contributed by atoms with van der Waals surface area (Å²) in [6, 6.07) is 19.1. The molecular weight excluding hydrogens is 352 g/mol. The largest absolute Gasteiger partial charge is 0.444 e. The van der Waals surface area contributed by atoms with Crippen molar-refractivity contribution < 1.29 is 9.53 Å². The van der Waals surface area contributed by atoms with E-state index in [9.17, 15) is 4.79 Å². The summed E-state index contributed by atoms with van der Waals surface area (Å²) in [4.78, 5) is 16.6. The van der Waals surface area contributed by atoms with Gasteiger partial charge in [0.2, 0.25) is 0 Å². The van der Waals surface area contributed by atoms with Gasteiger partial charge in [-0.05, 0) is 29.3 Å². The first-order valence-corrected chi connectivity index (χ1v) is 8.89. The normalized spacial score (nSPS) is 10.8. The van der Waals surface area contributed by atoms with Gasteiger partial charge in [-0.25, -0.2) is 9.78 Å². The molecule has 0 aliphatic heterocycles. The number of aryl methyl sites for hydroxylation is 1. The van der Waals surface area contributed by atoms with Crippen LogP contribution in [0.15, 0.2) is 73.1 Å². The van der Waals surface area contributed by atoms with E-state index in [4.69, 9.17) is 10.5 Å². The second-order valence-electron chi connectivity index (χ2n) is 6.56. The number of fused-ring (bicyclic) bond motifs is 1. The number of nitrogens with one attached hydrogen (secondary N) is 1. The minimum Gasteiger partial charge on any atom is -0.444 e. The molecule has 0 fully saturated rings. The second kappa shape index (κ2) is 7.44. The first-order chi connectivity index (χ1) is 13.6. The standard InChI is InChI=1S/C22H20N4O2/c1-26-13-20(16-8-5-9-17(23)10-16)19-11-18(12-24-21(19)26)25-22(27)28-14-15-6-3-2-4-7-15/h2-13H,14,23H2,1H3,(H,25,27). The van der Waals surface area contributed by atoms with E-state index in [1.165, 1.54) is 0 Å². The summed E-state index contributed by atoms with van der Waals surface area (Å²) in [6.07, 6.45) is 3.10. The van der Waals surface area contributed by atoms with Crippen molar-refractivity contribution in [3.05, 3.63) is 78.6 Å². The lowest BCUT2D eigenvalue weighted by molar-refractivity contribution is 0.155. The van der Waals surface area contributed by atoms with E-state index in [2.05, 4.69) is 10.3 Å². The molecule has 6 heteroatoms. The molecule has 0 saturated carbocycles. The summed E-state index contributed by atoms with van der Waals surface area (Å²) in [6.45, 7) is 0.211. The van der Waals surface area contributed by atoms with E-state index in [1.807, 2.05) is 78.5 Å². The lowest BCUT2D eigenvalue weighted by atomic mass is 10.1. The highest BCUT2D eigenvalue weighted by atomic mass is 16.5. The van der Waals surface area contributed by atoms with Gasteiger partial charge in [0.15, 0.2) is 0 Å². The maximum Gasteiger partial charge on any atom is 0.412 e. The molecular formula is C22H20N4O2. The summed E-state index contributed by atoms with van der Waals surface area (Å²) in [5, 5.41) is 3.67. The third-order valence-electron chi connectivity index (χ3n) is 4.47. The maximum atomic E-state index is 12.1. The Kier molecular flexibility index (Phi) is 4.68. The first kappa shape index (κ1) is 17.6. The molecule has 0 aliphatic carbocycles. The fourth-order valence-electron chi connectivity index (χ4n) is 3.14. The molecule has 4 rings (SSSR count). The summed E-state index contributed by atoms with van der Waals surface area (Å²) in [5.74, 6) is 0. The highest BCUT2D eigenvalue weighted by molar-refractivity contribution is 5.97. The van der Waals surface area contributed by atoms with Crippen LogP contribution in [0, 0.1) is 0 Å². The lowest BCUT2D eigenvalue weighted by Gasteiger charge is -2.08. The third-order valence-corrected chi connectivity index (χ3v) is 4.47. The number of pyridine rings is 1. The molecule has 4 aromatic rings. The fourth-order valence-corrected chi connectivity index (χ4v) is 3.14. The maximum absolute atomic E-state index is 12.1. The second-order valence-corrected chi connectivity index (χ2v) is 6.56. The van der Waals surface area contributed by atoms with Gasteiger partial charge in [-0.15, -0.1) is 0 Å². The number of nitrogens with zero attached hydrogens (tertiary/aromatic N) is 2. The Balaban J connectivity index is 1.57. The Morgan fingerprint density at radius 3 is 2.75 bits per heavy atom. The van der Waals surface area contributed by atoms with Crippen LogP contribution in [0.3, 0.4) is 0 Å². The molecule has 28 heavy (non-hydrogen) atoms. The minimum atomic E-state index is -0.522. The van der Waals surface area contributed by atoms with Crippen molar-refractivity contribution in [1.29, 1.82) is 0 Å². The molecule has 0 atom stereocenters. The van der Waals surface area contributed by atoms with Crippen LogP contribution in [0.5, 0.6) is 0 Å². The van der Waals surface area contributed by atoms with Crippen molar-refractivity contribution in [2.24, 2.45) is 7.05 Å². The highest BCUT2D eigenvalue weighted by Crippen LogP contribution is 2.31. The van der Waals surface area contributed by atoms with Crippen molar-refractivity contribution in [2.75, 3.05) is 11.1 Å². The van der Waals surface area contributed by atoms with Crippen LogP contribution in [-0.4, -0.2) is 15.6 Å². The number of amides is 1. The molecule has 2 heterocycles. The smallest absolute Gasteiger partial charge is 0.412 e. The van der Waals surface area contributed by atoms with Crippen LogP contribution in [0.2, 0.25) is 0 Å². The van der Waals surface area contributed by atoms with Crippen LogP contribution >= 0.6 is 0 Å². The SMILES string of the molecule is Cn1cc(-c2cccc(N)c2)c2cc(NC(=O)OCc3ccccc3)cnc21. The van der Waals surface area contributed by atoms with Crippen molar-refractivity contribution in [3.63, 3.8) is 0 Å². The van der Waals surface area contributed by atoms with E-state index < -0.39 is 6.09 Å². The summed E-state index contributed by atoms with van der Waals surface area (Å²) < 4.78 is 7.23. The van der Waals surface area contributed by atoms with Crippen molar-refractivity contribution >= 4 is 28.5 Å². The molecule has 0 bridgehead atoms. The van der Waals surface area contributed by atoms with Gasteiger partial charge in [-0.2, -0.15) is 0 Å². The number of ether oxygens (including phenoxy) is 1. The van der Waals surface area contributed by atoms with Gasteiger partial charge in [0.25, 0.3) is 0 Å². The monoisotopic (exact) mass is 372 g/mol. The van der Waals surface area contributed by atoms with Crippen LogP contribution in [0.4, 0.5) is 16.2 Å². The molecule has 1 amide bonds. The topological polar surface area (TPSA) is 82.2 Å². The highest BCUT2D eigenvalue weighted by Gasteiger charge is 2.12. The number of aromatic nitrogens is 2. The Bertz CT molecular complexity index is 1140. The quantitative estimate of drug-likeness (QED) is 0.514. The lowest BCUT2D eigenvalue weighted by Crippen LogP contribution is -2.13. The molecule has 2 aromatic heterocycles. The summed E-state index contributed by atoms with van der Waals surface area (Å²) in [5.41, 5.74) is 10.9. The Morgan fingerprint density at radius 2 is 1.96 bits per heavy atom. The third kappa shape index (κ3) is 3.66. The first-order valence-electron chi connectivity index (χ1n) is 8.89. The van der Waals surface area contributed by atoms with Gasteiger partial charge >= 0.3 is 6.09 Å². The van der Waals surface area contributed by atoms with Crippen LogP contribution in [-0.2, 0) is 18.4 Å². The molecule has 6 nitrogen and oxygen atoms in total. The van der Waals surface area contributed by atoms with Gasteiger partial charge < -0.3 is 15.0 Å². The van der Waals surface area contributed by atoms with Gasteiger partial charge in [-0.3, -0.25) is 5.32 Å². The van der Waals surface area contributed by atoms with Crippen molar-refractivity contribution in [1.82, 2.24) is 9.55 Å². The fraction of sp³-hybridized carbons (Fsp3) is 0.0909. The predicted molar refractivity (Wildman–Crippen MR) is 111 cm³/mol. The Hall–Kier alpha value is -3.80. The number of hydrogen-bond acceptors (Lipinski definition) is 4. The molecule has 0 saturated heterocycles. The van der Waals surface area contributed by atoms with Gasteiger partial charge in [0.1, 0.15) is 12.3 Å². The van der Waals surface area contributed by atoms with Crippen molar-refractivity contribution in [2.45, 2.75) is 6.61 Å². The average molecular weight is 372 g/mol. The number of nitrogen functional groups attached to an aromatic ring is 1. The number of anilines is 2. The molecule has 0 unspecified atom stereocenters. The van der Waals surface area contributed by atoms with E-state index in [-0.39, 0.29) is 6.61 Å². The molecule has 2 aromatic carbocycles. The number of carbonyl (C=O) groups excluding carboxylic acids is 1. The summed E-state index contributed by atoms with van der Waals surface area (Å²) in [7, 11) is 1.94. The zero-order chi connectivity index (χ0) is 19.5. The number of rotatable bonds is 4. The Labute approximate surface area is 162 Å². The molecule has 140 valence electrons. The van der Waals surface area contributed by atoms with E-state index >= 15 is 0 Å². The van der Waals surface area contributed by atoms with Crippen molar-refractivity contribution in [3.8, 4) is 11.1 Å². The molecule has 0 spiro atoms. The van der Waals surface area contributed by atoms with Crippen LogP contribution in [0.1, 0.15) is 5.56 Å². The molecule has 0 radical (unpaired) electrons. The number of benzene rings is 2. The predicted octanol–water partition coefficient (Wildman–Crippen LogP) is 4.57. The van der Waals surface area contributed by atoms with Crippen LogP contribution in [0.25, 0.3) is 22.2 Å². The summed E-state index contributed by atoms with van der Waals surface area (Å²) >= 11 is 0. The zero-order valence-electron chi connectivity index (χ0n) is 15.4. The Morgan fingerprint density at radius 1 is 1.14 bits per heavy atom. The van der Waals surface area contributed by atoms with E-state index in [0.29, 0.717) is 11.4 Å². The van der Waals surface area contributed by atoms with Gasteiger partial charge in [0.05, 0.1) is 11.9 Å². The van der Waals surface area contributed by atoms with E-state index in [0.717, 1.165) is 27.7 Å². The van der Waals surface area contributed by atoms with Gasteiger partial charge in [-0.1, -0.05) is 42.5 Å². The zero-order valence-corrected chi connectivity index (χ0v) is 15.4. The number of carbonyl (C=O) groups is 1. The molecule has 3 N–H and O–H groups in total.